The van der Waals surface area contributed by atoms with Gasteiger partial charge in [0, 0.05) is 22.9 Å². The third-order valence-electron chi connectivity index (χ3n) is 3.65. The lowest BCUT2D eigenvalue weighted by atomic mass is 10.1. The number of benzene rings is 1. The number of fused-ring (bicyclic) bond motifs is 1. The number of thiol groups is 2. The predicted octanol–water partition coefficient (Wildman–Crippen LogP) is 3.75. The Labute approximate surface area is 163 Å². The maximum Gasteiger partial charge on any atom is 0.339 e. The molecule has 1 aliphatic rings. The van der Waals surface area contributed by atoms with Gasteiger partial charge in [0.15, 0.2) is 11.5 Å². The Morgan fingerprint density at radius 1 is 1.24 bits per heavy atom. The van der Waals surface area contributed by atoms with Gasteiger partial charge in [-0.3, -0.25) is 4.98 Å². The summed E-state index contributed by atoms with van der Waals surface area (Å²) in [4.78, 5) is 15.8. The summed E-state index contributed by atoms with van der Waals surface area (Å²) in [5.41, 5.74) is 1.42. The normalized spacial score (nSPS) is 14.3. The predicted molar refractivity (Wildman–Crippen MR) is 103 cm³/mol. The van der Waals surface area contributed by atoms with Gasteiger partial charge in [-0.2, -0.15) is 25.3 Å². The molecule has 0 amide bonds. The molecule has 0 saturated heterocycles. The molecule has 2 unspecified atom stereocenters. The summed E-state index contributed by atoms with van der Waals surface area (Å²) in [5, 5.41) is -0.185. The average molecular weight is 400 g/mol. The van der Waals surface area contributed by atoms with Crippen molar-refractivity contribution < 1.29 is 19.0 Å². The highest BCUT2D eigenvalue weighted by molar-refractivity contribution is 7.85. The summed E-state index contributed by atoms with van der Waals surface area (Å²) in [7, 11) is 0. The van der Waals surface area contributed by atoms with Crippen molar-refractivity contribution in [1.29, 1.82) is 0 Å². The molecular formula is C17H18ClNO4S2. The number of aromatic nitrogens is 1. The van der Waals surface area contributed by atoms with Gasteiger partial charge in [0.05, 0.1) is 12.2 Å². The number of hydrogen-bond donors (Lipinski definition) is 2. The standard InChI is InChI=1S/C17H17NO4S2.ClH/c19-17(12-2-1-6-18-9-12)20-7-5-15(23)16(24)11-3-4-13-14(8-11)22-10-21-13;/h1-4,6,8-9,15-16,23-24H,5,7,10H2;1H. The van der Waals surface area contributed by atoms with Gasteiger partial charge in [0.2, 0.25) is 6.79 Å². The van der Waals surface area contributed by atoms with Crippen molar-refractivity contribution in [1.82, 2.24) is 4.98 Å². The fourth-order valence-corrected chi connectivity index (χ4v) is 2.90. The van der Waals surface area contributed by atoms with Crippen molar-refractivity contribution in [3.05, 3.63) is 53.9 Å². The highest BCUT2D eigenvalue weighted by Gasteiger charge is 2.21. The van der Waals surface area contributed by atoms with Crippen molar-refractivity contribution in [2.24, 2.45) is 0 Å². The lowest BCUT2D eigenvalue weighted by Gasteiger charge is -2.19. The van der Waals surface area contributed by atoms with Crippen LogP contribution in [0.25, 0.3) is 0 Å². The Balaban J connectivity index is 0.00000225. The zero-order valence-electron chi connectivity index (χ0n) is 13.2. The Bertz CT molecular complexity index is 717. The molecular weight excluding hydrogens is 382 g/mol. The van der Waals surface area contributed by atoms with E-state index in [9.17, 15) is 4.79 Å². The number of ether oxygens (including phenoxy) is 3. The second-order valence-electron chi connectivity index (χ2n) is 5.29. The molecule has 0 fully saturated rings. The number of rotatable bonds is 6. The summed E-state index contributed by atoms with van der Waals surface area (Å²) < 4.78 is 15.9. The van der Waals surface area contributed by atoms with Gasteiger partial charge < -0.3 is 14.2 Å². The van der Waals surface area contributed by atoms with Crippen molar-refractivity contribution in [3.8, 4) is 11.5 Å². The summed E-state index contributed by atoms with van der Waals surface area (Å²) >= 11 is 9.21. The van der Waals surface area contributed by atoms with Gasteiger partial charge in [-0.05, 0) is 36.2 Å². The average Bonchev–Trinajstić information content (AvgIpc) is 3.09. The number of esters is 1. The molecule has 0 aliphatic carbocycles. The number of hydrogen-bond acceptors (Lipinski definition) is 7. The van der Waals surface area contributed by atoms with E-state index in [1.165, 1.54) is 6.20 Å². The highest BCUT2D eigenvalue weighted by atomic mass is 35.5. The minimum absolute atomic E-state index is 0. The molecule has 2 heterocycles. The molecule has 0 bridgehead atoms. The lowest BCUT2D eigenvalue weighted by molar-refractivity contribution is 0.0499. The van der Waals surface area contributed by atoms with Gasteiger partial charge in [-0.25, -0.2) is 4.79 Å². The number of carbonyl (C=O) groups excluding carboxylic acids is 1. The van der Waals surface area contributed by atoms with Crippen LogP contribution in [0.1, 0.15) is 27.6 Å². The first-order valence-corrected chi connectivity index (χ1v) is 8.51. The van der Waals surface area contributed by atoms with Crippen LogP contribution >= 0.6 is 37.7 Å². The van der Waals surface area contributed by atoms with Crippen LogP contribution in [0, 0.1) is 0 Å². The molecule has 2 aromatic rings. The largest absolute Gasteiger partial charge is 0.462 e. The molecule has 1 aromatic heterocycles. The van der Waals surface area contributed by atoms with E-state index >= 15 is 0 Å². The third kappa shape index (κ3) is 4.96. The van der Waals surface area contributed by atoms with E-state index in [0.29, 0.717) is 12.0 Å². The molecule has 0 saturated carbocycles. The summed E-state index contributed by atoms with van der Waals surface area (Å²) in [6.45, 7) is 0.508. The second-order valence-corrected chi connectivity index (χ2v) is 6.51. The Kier molecular flexibility index (Phi) is 7.28. The van der Waals surface area contributed by atoms with E-state index in [4.69, 9.17) is 14.2 Å². The van der Waals surface area contributed by atoms with Crippen molar-refractivity contribution in [3.63, 3.8) is 0 Å². The Morgan fingerprint density at radius 2 is 2.04 bits per heavy atom. The van der Waals surface area contributed by atoms with Crippen LogP contribution in [0.2, 0.25) is 0 Å². The zero-order chi connectivity index (χ0) is 16.9. The van der Waals surface area contributed by atoms with E-state index in [1.54, 1.807) is 18.3 Å². The van der Waals surface area contributed by atoms with E-state index in [-0.39, 0.29) is 42.3 Å². The van der Waals surface area contributed by atoms with Crippen LogP contribution < -0.4 is 9.47 Å². The smallest absolute Gasteiger partial charge is 0.339 e. The van der Waals surface area contributed by atoms with Crippen molar-refractivity contribution >= 4 is 43.6 Å². The van der Waals surface area contributed by atoms with Crippen LogP contribution in [0.15, 0.2) is 42.7 Å². The van der Waals surface area contributed by atoms with Gasteiger partial charge in [0.1, 0.15) is 0 Å². The highest BCUT2D eigenvalue weighted by Crippen LogP contribution is 2.37. The maximum absolute atomic E-state index is 11.9. The Hall–Kier alpha value is -1.57. The van der Waals surface area contributed by atoms with E-state index in [1.807, 2.05) is 18.2 Å². The summed E-state index contributed by atoms with van der Waals surface area (Å²) in [6.07, 6.45) is 3.67. The quantitative estimate of drug-likeness (QED) is 0.572. The molecule has 134 valence electrons. The summed E-state index contributed by atoms with van der Waals surface area (Å²) in [6, 6.07) is 9.08. The van der Waals surface area contributed by atoms with Gasteiger partial charge in [-0.1, -0.05) is 6.07 Å². The SMILES string of the molecule is Cl.O=C(OCCC(S)C(S)c1ccc2c(c1)OCO2)c1cccnc1. The summed E-state index contributed by atoms with van der Waals surface area (Å²) in [5.74, 6) is 1.07. The first-order valence-electron chi connectivity index (χ1n) is 7.48. The molecule has 0 radical (unpaired) electrons. The van der Waals surface area contributed by atoms with Crippen LogP contribution in [-0.2, 0) is 4.74 Å². The molecule has 0 N–H and O–H groups in total. The number of carbonyl (C=O) groups is 1. The molecule has 5 nitrogen and oxygen atoms in total. The fraction of sp³-hybridized carbons (Fsp3) is 0.294. The van der Waals surface area contributed by atoms with E-state index in [2.05, 4.69) is 30.2 Å². The van der Waals surface area contributed by atoms with Gasteiger partial charge >= 0.3 is 5.97 Å². The number of nitrogens with zero attached hydrogens (tertiary/aromatic N) is 1. The first kappa shape index (κ1) is 19.8. The number of halogens is 1. The van der Waals surface area contributed by atoms with Crippen LogP contribution in [0.5, 0.6) is 11.5 Å². The van der Waals surface area contributed by atoms with Crippen LogP contribution in [0.4, 0.5) is 0 Å². The molecule has 0 spiro atoms. The van der Waals surface area contributed by atoms with Crippen molar-refractivity contribution in [2.75, 3.05) is 13.4 Å². The number of pyridine rings is 1. The maximum atomic E-state index is 11.9. The van der Waals surface area contributed by atoms with Crippen LogP contribution in [-0.4, -0.2) is 29.6 Å². The third-order valence-corrected chi connectivity index (χ3v) is 5.10. The minimum atomic E-state index is -0.387. The molecule has 8 heteroatoms. The monoisotopic (exact) mass is 399 g/mol. The van der Waals surface area contributed by atoms with Crippen LogP contribution in [0.3, 0.4) is 0 Å². The molecule has 3 rings (SSSR count). The fourth-order valence-electron chi connectivity index (χ4n) is 2.32. The topological polar surface area (TPSA) is 57.7 Å². The lowest BCUT2D eigenvalue weighted by Crippen LogP contribution is -2.14. The molecule has 1 aliphatic heterocycles. The van der Waals surface area contributed by atoms with Crippen molar-refractivity contribution in [2.45, 2.75) is 16.9 Å². The first-order chi connectivity index (χ1) is 11.6. The molecule has 25 heavy (non-hydrogen) atoms. The Morgan fingerprint density at radius 3 is 2.80 bits per heavy atom. The minimum Gasteiger partial charge on any atom is -0.462 e. The molecule has 1 aromatic carbocycles. The van der Waals surface area contributed by atoms with Gasteiger partial charge in [0.25, 0.3) is 0 Å². The van der Waals surface area contributed by atoms with E-state index in [0.717, 1.165) is 17.1 Å². The van der Waals surface area contributed by atoms with E-state index < -0.39 is 0 Å². The molecule has 2 atom stereocenters. The van der Waals surface area contributed by atoms with Gasteiger partial charge in [-0.15, -0.1) is 12.4 Å². The zero-order valence-corrected chi connectivity index (χ0v) is 15.8. The second kappa shape index (κ2) is 9.22.